The fourth-order valence-corrected chi connectivity index (χ4v) is 3.28. The molecule has 6 nitrogen and oxygen atoms in total. The summed E-state index contributed by atoms with van der Waals surface area (Å²) in [6, 6.07) is 5.01. The maximum atomic E-state index is 12.7. The number of hydrogen-bond donors (Lipinski definition) is 0. The first-order chi connectivity index (χ1) is 13.8. The SMILES string of the molecule is COc1cncc(N2CCN(C(=O)CC(C)c3ccc(C(F)(F)F)cc3)CC2)n1. The van der Waals surface area contributed by atoms with E-state index in [9.17, 15) is 18.0 Å². The number of amides is 1. The lowest BCUT2D eigenvalue weighted by Crippen LogP contribution is -2.49. The van der Waals surface area contributed by atoms with E-state index in [2.05, 4.69) is 9.97 Å². The van der Waals surface area contributed by atoms with Gasteiger partial charge >= 0.3 is 6.18 Å². The van der Waals surface area contributed by atoms with Crippen LogP contribution in [-0.4, -0.2) is 54.1 Å². The Kier molecular flexibility index (Phi) is 6.24. The third kappa shape index (κ3) is 5.16. The summed E-state index contributed by atoms with van der Waals surface area (Å²) < 4.78 is 43.2. The Hall–Kier alpha value is -2.84. The summed E-state index contributed by atoms with van der Waals surface area (Å²) in [6.07, 6.45) is -0.909. The Morgan fingerprint density at radius 2 is 1.79 bits per heavy atom. The largest absolute Gasteiger partial charge is 0.480 e. The van der Waals surface area contributed by atoms with E-state index in [1.807, 2.05) is 11.8 Å². The van der Waals surface area contributed by atoms with Crippen molar-refractivity contribution in [3.8, 4) is 5.88 Å². The minimum Gasteiger partial charge on any atom is -0.480 e. The van der Waals surface area contributed by atoms with Gasteiger partial charge in [0.05, 0.1) is 25.1 Å². The third-order valence-corrected chi connectivity index (χ3v) is 5.05. The zero-order valence-corrected chi connectivity index (χ0v) is 16.3. The number of piperazine rings is 1. The molecule has 1 amide bonds. The predicted molar refractivity (Wildman–Crippen MR) is 102 cm³/mol. The number of nitrogens with zero attached hydrogens (tertiary/aromatic N) is 4. The lowest BCUT2D eigenvalue weighted by atomic mass is 9.96. The fourth-order valence-electron chi connectivity index (χ4n) is 3.28. The topological polar surface area (TPSA) is 58.6 Å². The van der Waals surface area contributed by atoms with Crippen molar-refractivity contribution in [1.82, 2.24) is 14.9 Å². The maximum Gasteiger partial charge on any atom is 0.416 e. The quantitative estimate of drug-likeness (QED) is 0.760. The van der Waals surface area contributed by atoms with Crippen molar-refractivity contribution in [3.63, 3.8) is 0 Å². The summed E-state index contributed by atoms with van der Waals surface area (Å²) in [5, 5.41) is 0. The summed E-state index contributed by atoms with van der Waals surface area (Å²) >= 11 is 0. The molecule has 0 aliphatic carbocycles. The van der Waals surface area contributed by atoms with Crippen molar-refractivity contribution in [3.05, 3.63) is 47.8 Å². The van der Waals surface area contributed by atoms with Gasteiger partial charge in [0.2, 0.25) is 11.8 Å². The molecule has 1 aliphatic rings. The number of methoxy groups -OCH3 is 1. The molecule has 1 atom stereocenters. The number of hydrogen-bond acceptors (Lipinski definition) is 5. The zero-order chi connectivity index (χ0) is 21.0. The molecule has 0 radical (unpaired) electrons. The highest BCUT2D eigenvalue weighted by atomic mass is 19.4. The van der Waals surface area contributed by atoms with Crippen LogP contribution < -0.4 is 9.64 Å². The van der Waals surface area contributed by atoms with Crippen LogP contribution in [0.1, 0.15) is 30.4 Å². The molecule has 1 unspecified atom stereocenters. The molecule has 0 bridgehead atoms. The molecule has 29 heavy (non-hydrogen) atoms. The monoisotopic (exact) mass is 408 g/mol. The molecule has 1 aromatic heterocycles. The van der Waals surface area contributed by atoms with Gasteiger partial charge in [0.25, 0.3) is 0 Å². The fraction of sp³-hybridized carbons (Fsp3) is 0.450. The smallest absolute Gasteiger partial charge is 0.416 e. The minimum absolute atomic E-state index is 0.00576. The third-order valence-electron chi connectivity index (χ3n) is 5.05. The van der Waals surface area contributed by atoms with Gasteiger partial charge in [-0.05, 0) is 23.6 Å². The van der Waals surface area contributed by atoms with Crippen molar-refractivity contribution in [2.24, 2.45) is 0 Å². The number of aromatic nitrogens is 2. The van der Waals surface area contributed by atoms with Crippen LogP contribution in [-0.2, 0) is 11.0 Å². The molecule has 156 valence electrons. The number of carbonyl (C=O) groups is 1. The van der Waals surface area contributed by atoms with Gasteiger partial charge in [-0.1, -0.05) is 19.1 Å². The highest BCUT2D eigenvalue weighted by Gasteiger charge is 2.30. The minimum atomic E-state index is -4.36. The van der Waals surface area contributed by atoms with Gasteiger partial charge in [-0.2, -0.15) is 18.2 Å². The van der Waals surface area contributed by atoms with E-state index in [-0.39, 0.29) is 18.2 Å². The molecule has 1 aromatic carbocycles. The van der Waals surface area contributed by atoms with Gasteiger partial charge in [-0.3, -0.25) is 9.78 Å². The molecule has 9 heteroatoms. The molecule has 1 fully saturated rings. The molecule has 2 heterocycles. The van der Waals surface area contributed by atoms with E-state index in [0.717, 1.165) is 17.7 Å². The molecule has 1 saturated heterocycles. The number of carbonyl (C=O) groups excluding carboxylic acids is 1. The van der Waals surface area contributed by atoms with Gasteiger partial charge in [-0.25, -0.2) is 0 Å². The second kappa shape index (κ2) is 8.67. The standard InChI is InChI=1S/C20H23F3N4O2/c1-14(15-3-5-16(6-4-15)20(21,22)23)11-19(28)27-9-7-26(8-10-27)17-12-24-13-18(25-17)29-2/h3-6,12-14H,7-11H2,1-2H3. The van der Waals surface area contributed by atoms with E-state index in [4.69, 9.17) is 4.74 Å². The molecular formula is C20H23F3N4O2. The van der Waals surface area contributed by atoms with Gasteiger partial charge in [0, 0.05) is 32.6 Å². The molecule has 0 saturated carbocycles. The number of halogens is 3. The van der Waals surface area contributed by atoms with Crippen molar-refractivity contribution in [2.45, 2.75) is 25.4 Å². The lowest BCUT2D eigenvalue weighted by molar-refractivity contribution is -0.137. The molecule has 0 N–H and O–H groups in total. The van der Waals surface area contributed by atoms with Gasteiger partial charge in [-0.15, -0.1) is 0 Å². The van der Waals surface area contributed by atoms with Gasteiger partial charge < -0.3 is 14.5 Å². The number of benzene rings is 1. The van der Waals surface area contributed by atoms with Crippen LogP contribution in [0.25, 0.3) is 0 Å². The van der Waals surface area contributed by atoms with E-state index in [1.165, 1.54) is 25.4 Å². The van der Waals surface area contributed by atoms with Crippen LogP contribution in [0.3, 0.4) is 0 Å². The number of ether oxygens (including phenoxy) is 1. The van der Waals surface area contributed by atoms with E-state index in [1.54, 1.807) is 11.1 Å². The molecular weight excluding hydrogens is 385 g/mol. The molecule has 1 aliphatic heterocycles. The Balaban J connectivity index is 1.54. The first-order valence-corrected chi connectivity index (χ1v) is 9.34. The zero-order valence-electron chi connectivity index (χ0n) is 16.3. The average molecular weight is 408 g/mol. The molecule has 0 spiro atoms. The maximum absolute atomic E-state index is 12.7. The van der Waals surface area contributed by atoms with Crippen LogP contribution in [0.5, 0.6) is 5.88 Å². The summed E-state index contributed by atoms with van der Waals surface area (Å²) in [4.78, 5) is 24.9. The van der Waals surface area contributed by atoms with E-state index in [0.29, 0.717) is 37.9 Å². The normalized spacial score (nSPS) is 15.9. The van der Waals surface area contributed by atoms with E-state index < -0.39 is 11.7 Å². The van der Waals surface area contributed by atoms with Crippen molar-refractivity contribution >= 4 is 11.7 Å². The second-order valence-corrected chi connectivity index (χ2v) is 7.01. The first kappa shape index (κ1) is 20.9. The van der Waals surface area contributed by atoms with Crippen LogP contribution in [0.15, 0.2) is 36.7 Å². The number of rotatable bonds is 5. The Morgan fingerprint density at radius 3 is 2.38 bits per heavy atom. The lowest BCUT2D eigenvalue weighted by Gasteiger charge is -2.35. The van der Waals surface area contributed by atoms with Crippen molar-refractivity contribution in [1.29, 1.82) is 0 Å². The molecule has 2 aromatic rings. The van der Waals surface area contributed by atoms with Crippen LogP contribution in [0, 0.1) is 0 Å². The highest BCUT2D eigenvalue weighted by Crippen LogP contribution is 2.31. The van der Waals surface area contributed by atoms with Crippen LogP contribution >= 0.6 is 0 Å². The van der Waals surface area contributed by atoms with Crippen LogP contribution in [0.4, 0.5) is 19.0 Å². The number of anilines is 1. The summed E-state index contributed by atoms with van der Waals surface area (Å²) in [7, 11) is 1.53. The Labute approximate surface area is 167 Å². The van der Waals surface area contributed by atoms with Crippen molar-refractivity contribution < 1.29 is 22.7 Å². The summed E-state index contributed by atoms with van der Waals surface area (Å²) in [5.41, 5.74) is 0.0354. The van der Waals surface area contributed by atoms with Gasteiger partial charge in [0.1, 0.15) is 0 Å². The summed E-state index contributed by atoms with van der Waals surface area (Å²) in [5.74, 6) is 0.974. The number of alkyl halides is 3. The molecule has 3 rings (SSSR count). The van der Waals surface area contributed by atoms with Crippen LogP contribution in [0.2, 0.25) is 0 Å². The average Bonchev–Trinajstić information content (AvgIpc) is 2.73. The van der Waals surface area contributed by atoms with E-state index >= 15 is 0 Å². The predicted octanol–water partition coefficient (Wildman–Crippen LogP) is 3.35. The highest BCUT2D eigenvalue weighted by molar-refractivity contribution is 5.77. The second-order valence-electron chi connectivity index (χ2n) is 7.01. The first-order valence-electron chi connectivity index (χ1n) is 9.34. The summed E-state index contributed by atoms with van der Waals surface area (Å²) in [6.45, 7) is 4.21. The Morgan fingerprint density at radius 1 is 1.14 bits per heavy atom. The van der Waals surface area contributed by atoms with Gasteiger partial charge in [0.15, 0.2) is 5.82 Å². The van der Waals surface area contributed by atoms with Crippen molar-refractivity contribution in [2.75, 3.05) is 38.2 Å². The Bertz CT molecular complexity index is 834.